The van der Waals surface area contributed by atoms with Crippen LogP contribution in [-0.2, 0) is 0 Å². The Bertz CT molecular complexity index is 449. The topological polar surface area (TPSA) is 24.4 Å². The van der Waals surface area contributed by atoms with Gasteiger partial charge >= 0.3 is 0 Å². The van der Waals surface area contributed by atoms with Gasteiger partial charge in [0.15, 0.2) is 5.17 Å². The lowest BCUT2D eigenvalue weighted by Gasteiger charge is -2.31. The third-order valence-electron chi connectivity index (χ3n) is 3.83. The smallest absolute Gasteiger partial charge is 0.161 e. The average molecular weight is 264 g/mol. The van der Waals surface area contributed by atoms with E-state index in [1.165, 1.54) is 43.6 Å². The van der Waals surface area contributed by atoms with Gasteiger partial charge in [-0.1, -0.05) is 24.6 Å². The van der Waals surface area contributed by atoms with Crippen LogP contribution in [0.5, 0.6) is 0 Å². The van der Waals surface area contributed by atoms with Crippen molar-refractivity contribution < 1.29 is 4.39 Å². The maximum atomic E-state index is 12.8. The zero-order valence-corrected chi connectivity index (χ0v) is 11.1. The predicted molar refractivity (Wildman–Crippen MR) is 75.7 cm³/mol. The van der Waals surface area contributed by atoms with Crippen molar-refractivity contribution in [3.63, 3.8) is 0 Å². The molecule has 1 aromatic carbocycles. The molecule has 1 N–H and O–H groups in total. The van der Waals surface area contributed by atoms with Crippen molar-refractivity contribution in [1.29, 1.82) is 0 Å². The molecular weight excluding hydrogens is 247 g/mol. The van der Waals surface area contributed by atoms with Crippen LogP contribution in [0, 0.1) is 11.2 Å². The number of hydrogen-bond donors (Lipinski definition) is 1. The SMILES string of the molecule is Fc1ccc(NC2=NCC3(CCCC3)CS2)cc1. The number of benzene rings is 1. The van der Waals surface area contributed by atoms with Crippen LogP contribution in [0.2, 0.25) is 0 Å². The Morgan fingerprint density at radius 3 is 2.50 bits per heavy atom. The molecule has 0 radical (unpaired) electrons. The van der Waals surface area contributed by atoms with E-state index in [9.17, 15) is 4.39 Å². The highest BCUT2D eigenvalue weighted by atomic mass is 32.2. The largest absolute Gasteiger partial charge is 0.335 e. The summed E-state index contributed by atoms with van der Waals surface area (Å²) in [6, 6.07) is 6.43. The van der Waals surface area contributed by atoms with Crippen molar-refractivity contribution in [2.75, 3.05) is 17.6 Å². The number of aliphatic imine (C=N–C) groups is 1. The highest BCUT2D eigenvalue weighted by molar-refractivity contribution is 8.14. The Balaban J connectivity index is 1.64. The molecule has 1 fully saturated rings. The van der Waals surface area contributed by atoms with Gasteiger partial charge in [0, 0.05) is 18.0 Å². The van der Waals surface area contributed by atoms with Crippen molar-refractivity contribution >= 4 is 22.6 Å². The standard InChI is InChI=1S/C14H17FN2S/c15-11-3-5-12(6-4-11)17-13-16-9-14(10-18-13)7-1-2-8-14/h3-6H,1-2,7-10H2,(H,16,17). The second-order valence-corrected chi connectivity index (χ2v) is 6.21. The van der Waals surface area contributed by atoms with Crippen molar-refractivity contribution in [2.24, 2.45) is 10.4 Å². The molecule has 1 heterocycles. The van der Waals surface area contributed by atoms with Gasteiger partial charge in [0.25, 0.3) is 0 Å². The van der Waals surface area contributed by atoms with Crippen LogP contribution in [-0.4, -0.2) is 17.5 Å². The van der Waals surface area contributed by atoms with E-state index in [2.05, 4.69) is 10.3 Å². The van der Waals surface area contributed by atoms with E-state index in [0.29, 0.717) is 5.41 Å². The van der Waals surface area contributed by atoms with Gasteiger partial charge in [-0.05, 0) is 42.5 Å². The first-order valence-corrected chi connectivity index (χ1v) is 7.44. The second-order valence-electron chi connectivity index (χ2n) is 5.25. The van der Waals surface area contributed by atoms with Crippen LogP contribution in [0.4, 0.5) is 10.1 Å². The molecule has 4 heteroatoms. The summed E-state index contributed by atoms with van der Waals surface area (Å²) in [4.78, 5) is 4.66. The van der Waals surface area contributed by atoms with Gasteiger partial charge in [-0.2, -0.15) is 0 Å². The Morgan fingerprint density at radius 2 is 1.89 bits per heavy atom. The number of anilines is 1. The molecule has 1 spiro atoms. The zero-order chi connectivity index (χ0) is 12.4. The first-order chi connectivity index (χ1) is 8.76. The lowest BCUT2D eigenvalue weighted by Crippen LogP contribution is -2.30. The Morgan fingerprint density at radius 1 is 1.17 bits per heavy atom. The number of halogens is 1. The van der Waals surface area contributed by atoms with Crippen LogP contribution in [0.15, 0.2) is 29.3 Å². The molecule has 0 saturated heterocycles. The lowest BCUT2D eigenvalue weighted by molar-refractivity contribution is 0.359. The van der Waals surface area contributed by atoms with E-state index in [1.807, 2.05) is 0 Å². The van der Waals surface area contributed by atoms with Gasteiger partial charge in [0.05, 0.1) is 0 Å². The number of thioether (sulfide) groups is 1. The van der Waals surface area contributed by atoms with Crippen molar-refractivity contribution in [3.8, 4) is 0 Å². The fourth-order valence-corrected chi connectivity index (χ4v) is 3.88. The van der Waals surface area contributed by atoms with Gasteiger partial charge in [0.2, 0.25) is 0 Å². The molecule has 2 aliphatic rings. The van der Waals surface area contributed by atoms with Crippen molar-refractivity contribution in [3.05, 3.63) is 30.1 Å². The summed E-state index contributed by atoms with van der Waals surface area (Å²) in [5, 5.41) is 4.23. The molecule has 96 valence electrons. The number of hydrogen-bond acceptors (Lipinski definition) is 3. The fraction of sp³-hybridized carbons (Fsp3) is 0.500. The monoisotopic (exact) mass is 264 g/mol. The molecule has 0 bridgehead atoms. The Kier molecular flexibility index (Phi) is 3.29. The van der Waals surface area contributed by atoms with Gasteiger partial charge in [0.1, 0.15) is 5.82 Å². The minimum Gasteiger partial charge on any atom is -0.335 e. The summed E-state index contributed by atoms with van der Waals surface area (Å²) in [7, 11) is 0. The summed E-state index contributed by atoms with van der Waals surface area (Å²) in [5.41, 5.74) is 1.38. The van der Waals surface area contributed by atoms with E-state index in [0.717, 1.165) is 17.4 Å². The summed E-state index contributed by atoms with van der Waals surface area (Å²) in [6.07, 6.45) is 5.37. The predicted octanol–water partition coefficient (Wildman–Crippen LogP) is 3.90. The van der Waals surface area contributed by atoms with Crippen molar-refractivity contribution in [2.45, 2.75) is 25.7 Å². The molecule has 1 aliphatic heterocycles. The molecule has 0 aromatic heterocycles. The van der Waals surface area contributed by atoms with Gasteiger partial charge in [-0.25, -0.2) is 4.39 Å². The molecule has 0 atom stereocenters. The van der Waals surface area contributed by atoms with E-state index in [4.69, 9.17) is 0 Å². The van der Waals surface area contributed by atoms with Crippen LogP contribution >= 0.6 is 11.8 Å². The maximum absolute atomic E-state index is 12.8. The second kappa shape index (κ2) is 4.92. The quantitative estimate of drug-likeness (QED) is 0.832. The minimum absolute atomic E-state index is 0.205. The Labute approximate surface area is 111 Å². The van der Waals surface area contributed by atoms with Crippen LogP contribution in [0.25, 0.3) is 0 Å². The van der Waals surface area contributed by atoms with Crippen LogP contribution < -0.4 is 5.32 Å². The molecular formula is C14H17FN2S. The van der Waals surface area contributed by atoms with Crippen LogP contribution in [0.3, 0.4) is 0 Å². The van der Waals surface area contributed by atoms with Crippen molar-refractivity contribution in [1.82, 2.24) is 0 Å². The molecule has 0 amide bonds. The minimum atomic E-state index is -0.205. The first kappa shape index (κ1) is 12.0. The van der Waals surface area contributed by atoms with E-state index in [1.54, 1.807) is 23.9 Å². The molecule has 2 nitrogen and oxygen atoms in total. The summed E-state index contributed by atoms with van der Waals surface area (Å²) in [5.74, 6) is 0.962. The molecule has 3 rings (SSSR count). The van der Waals surface area contributed by atoms with Gasteiger partial charge in [-0.3, -0.25) is 4.99 Å². The lowest BCUT2D eigenvalue weighted by atomic mass is 9.89. The summed E-state index contributed by atoms with van der Waals surface area (Å²) >= 11 is 1.80. The Hall–Kier alpha value is -1.03. The first-order valence-electron chi connectivity index (χ1n) is 6.46. The number of nitrogens with one attached hydrogen (secondary N) is 1. The summed E-state index contributed by atoms with van der Waals surface area (Å²) in [6.45, 7) is 0.948. The number of amidine groups is 1. The number of nitrogens with zero attached hydrogens (tertiary/aromatic N) is 1. The van der Waals surface area contributed by atoms with Crippen LogP contribution in [0.1, 0.15) is 25.7 Å². The molecule has 18 heavy (non-hydrogen) atoms. The highest BCUT2D eigenvalue weighted by Crippen LogP contribution is 2.43. The maximum Gasteiger partial charge on any atom is 0.161 e. The normalized spacial score (nSPS) is 21.9. The van der Waals surface area contributed by atoms with E-state index < -0.39 is 0 Å². The molecule has 0 unspecified atom stereocenters. The zero-order valence-electron chi connectivity index (χ0n) is 10.3. The molecule has 1 aromatic rings. The third-order valence-corrected chi connectivity index (χ3v) is 5.09. The van der Waals surface area contributed by atoms with Gasteiger partial charge in [-0.15, -0.1) is 0 Å². The van der Waals surface area contributed by atoms with E-state index >= 15 is 0 Å². The summed E-state index contributed by atoms with van der Waals surface area (Å²) < 4.78 is 12.8. The molecule has 1 saturated carbocycles. The fourth-order valence-electron chi connectivity index (χ4n) is 2.71. The van der Waals surface area contributed by atoms with E-state index in [-0.39, 0.29) is 5.82 Å². The average Bonchev–Trinajstić information content (AvgIpc) is 2.84. The molecule has 1 aliphatic carbocycles. The third kappa shape index (κ3) is 2.53. The highest BCUT2D eigenvalue weighted by Gasteiger charge is 2.36. The number of rotatable bonds is 1. The van der Waals surface area contributed by atoms with Gasteiger partial charge < -0.3 is 5.32 Å².